The summed E-state index contributed by atoms with van der Waals surface area (Å²) in [7, 11) is -3.62. The summed E-state index contributed by atoms with van der Waals surface area (Å²) < 4.78 is 39.0. The Morgan fingerprint density at radius 3 is 2.26 bits per heavy atom. The second-order valence-corrected chi connectivity index (χ2v) is 10.1. The summed E-state index contributed by atoms with van der Waals surface area (Å²) in [5, 5.41) is 2.80. The molecule has 1 N–H and O–H groups in total. The Morgan fingerprint density at radius 1 is 1.06 bits per heavy atom. The molecule has 2 rings (SSSR count). The van der Waals surface area contributed by atoms with Gasteiger partial charge in [0.05, 0.1) is 11.9 Å². The molecule has 0 bridgehead atoms. The van der Waals surface area contributed by atoms with E-state index in [0.29, 0.717) is 18.7 Å². The van der Waals surface area contributed by atoms with E-state index in [9.17, 15) is 22.4 Å². The highest BCUT2D eigenvalue weighted by atomic mass is 32.2. The van der Waals surface area contributed by atoms with E-state index in [4.69, 9.17) is 0 Å². The van der Waals surface area contributed by atoms with Crippen molar-refractivity contribution in [3.8, 4) is 0 Å². The average Bonchev–Trinajstić information content (AvgIpc) is 2.78. The van der Waals surface area contributed by atoms with Crippen molar-refractivity contribution in [3.63, 3.8) is 0 Å². The van der Waals surface area contributed by atoms with Crippen LogP contribution < -0.4 is 9.62 Å². The van der Waals surface area contributed by atoms with Crippen molar-refractivity contribution in [1.82, 2.24) is 10.2 Å². The zero-order valence-corrected chi connectivity index (χ0v) is 21.1. The van der Waals surface area contributed by atoms with Gasteiger partial charge in [0.2, 0.25) is 21.8 Å². The van der Waals surface area contributed by atoms with Gasteiger partial charge < -0.3 is 10.2 Å². The zero-order valence-electron chi connectivity index (χ0n) is 20.3. The van der Waals surface area contributed by atoms with Crippen molar-refractivity contribution in [2.24, 2.45) is 0 Å². The van der Waals surface area contributed by atoms with Crippen LogP contribution in [0.15, 0.2) is 48.5 Å². The number of carbonyl (C=O) groups is 2. The van der Waals surface area contributed by atoms with E-state index in [1.807, 2.05) is 45.0 Å². The van der Waals surface area contributed by atoms with Crippen LogP contribution in [0.25, 0.3) is 0 Å². The molecule has 2 aromatic rings. The van der Waals surface area contributed by atoms with Gasteiger partial charge in [0.1, 0.15) is 11.9 Å². The maximum atomic E-state index is 13.3. The molecular weight excluding hydrogens is 457 g/mol. The minimum absolute atomic E-state index is 0.0619. The summed E-state index contributed by atoms with van der Waals surface area (Å²) in [6, 6.07) is 12.2. The number of aryl methyl sites for hydroxylation is 1. The third kappa shape index (κ3) is 7.55. The first-order valence-electron chi connectivity index (χ1n) is 11.4. The van der Waals surface area contributed by atoms with Crippen LogP contribution in [0.2, 0.25) is 0 Å². The van der Waals surface area contributed by atoms with E-state index in [2.05, 4.69) is 5.32 Å². The number of nitrogens with one attached hydrogen (secondary N) is 1. The molecule has 0 aliphatic carbocycles. The third-order valence-corrected chi connectivity index (χ3v) is 6.80. The molecule has 0 radical (unpaired) electrons. The minimum atomic E-state index is -3.62. The van der Waals surface area contributed by atoms with E-state index in [1.165, 1.54) is 24.3 Å². The molecule has 1 atom stereocenters. The highest BCUT2D eigenvalue weighted by Gasteiger charge is 2.28. The molecule has 0 spiro atoms. The first-order chi connectivity index (χ1) is 16.1. The lowest BCUT2D eigenvalue weighted by molar-refractivity contribution is -0.141. The topological polar surface area (TPSA) is 86.8 Å². The van der Waals surface area contributed by atoms with Crippen molar-refractivity contribution < 1.29 is 22.4 Å². The van der Waals surface area contributed by atoms with E-state index in [1.54, 1.807) is 4.90 Å². The lowest BCUT2D eigenvalue weighted by Gasteiger charge is -2.31. The van der Waals surface area contributed by atoms with Gasteiger partial charge in [0, 0.05) is 26.1 Å². The standard InChI is InChI=1S/C25H34FN3O4S/c1-5-23(25(31)27-6-2)28(18-20-11-8-7-10-19(20)3)24(30)12-9-17-29(34(4,32)33)22-15-13-21(26)14-16-22/h7-8,10-11,13-16,23H,5-6,9,12,17-18H2,1-4H3,(H,27,31)/t23-/m0/s1. The van der Waals surface area contributed by atoms with Gasteiger partial charge >= 0.3 is 0 Å². The van der Waals surface area contributed by atoms with Gasteiger partial charge in [-0.25, -0.2) is 12.8 Å². The Hall–Kier alpha value is -2.94. The number of nitrogens with zero attached hydrogens (tertiary/aromatic N) is 2. The third-order valence-electron chi connectivity index (χ3n) is 5.61. The second-order valence-electron chi connectivity index (χ2n) is 8.18. The molecule has 2 aromatic carbocycles. The molecule has 0 heterocycles. The maximum Gasteiger partial charge on any atom is 0.242 e. The number of halogens is 1. The molecule has 0 aromatic heterocycles. The van der Waals surface area contributed by atoms with Crippen LogP contribution in [0.5, 0.6) is 0 Å². The van der Waals surface area contributed by atoms with Crippen molar-refractivity contribution in [1.29, 1.82) is 0 Å². The van der Waals surface area contributed by atoms with Gasteiger partial charge in [-0.3, -0.25) is 13.9 Å². The minimum Gasteiger partial charge on any atom is -0.355 e. The number of amides is 2. The largest absolute Gasteiger partial charge is 0.355 e. The first kappa shape index (κ1) is 27.3. The predicted molar refractivity (Wildman–Crippen MR) is 132 cm³/mol. The van der Waals surface area contributed by atoms with Gasteiger partial charge in [-0.1, -0.05) is 31.2 Å². The number of anilines is 1. The summed E-state index contributed by atoms with van der Waals surface area (Å²) in [6.45, 7) is 6.45. The number of likely N-dealkylation sites (N-methyl/N-ethyl adjacent to an activating group) is 1. The van der Waals surface area contributed by atoms with Crippen LogP contribution in [0.4, 0.5) is 10.1 Å². The summed E-state index contributed by atoms with van der Waals surface area (Å²) in [5.74, 6) is -0.903. The fourth-order valence-electron chi connectivity index (χ4n) is 3.79. The monoisotopic (exact) mass is 491 g/mol. The molecule has 0 saturated carbocycles. The number of benzene rings is 2. The van der Waals surface area contributed by atoms with Gasteiger partial charge in [-0.2, -0.15) is 0 Å². The van der Waals surface area contributed by atoms with E-state index < -0.39 is 21.9 Å². The van der Waals surface area contributed by atoms with Crippen molar-refractivity contribution in [2.75, 3.05) is 23.7 Å². The highest BCUT2D eigenvalue weighted by Crippen LogP contribution is 2.20. The lowest BCUT2D eigenvalue weighted by Crippen LogP contribution is -2.49. The van der Waals surface area contributed by atoms with Gasteiger partial charge in [0.25, 0.3) is 0 Å². The molecule has 0 saturated heterocycles. The average molecular weight is 492 g/mol. The molecule has 2 amide bonds. The Labute approximate surface area is 202 Å². The van der Waals surface area contributed by atoms with Crippen molar-refractivity contribution in [2.45, 2.75) is 52.6 Å². The summed E-state index contributed by atoms with van der Waals surface area (Å²) in [6.07, 6.45) is 1.84. The summed E-state index contributed by atoms with van der Waals surface area (Å²) in [4.78, 5) is 27.6. The second kappa shape index (κ2) is 12.5. The van der Waals surface area contributed by atoms with E-state index >= 15 is 0 Å². The van der Waals surface area contributed by atoms with Crippen LogP contribution in [0.1, 0.15) is 44.2 Å². The molecule has 0 unspecified atom stereocenters. The van der Waals surface area contributed by atoms with Crippen molar-refractivity contribution in [3.05, 3.63) is 65.5 Å². The number of sulfonamides is 1. The van der Waals surface area contributed by atoms with Crippen LogP contribution >= 0.6 is 0 Å². The van der Waals surface area contributed by atoms with Crippen LogP contribution in [-0.2, 0) is 26.2 Å². The highest BCUT2D eigenvalue weighted by molar-refractivity contribution is 7.92. The molecule has 186 valence electrons. The van der Waals surface area contributed by atoms with Crippen LogP contribution in [0, 0.1) is 12.7 Å². The Bertz CT molecular complexity index is 1070. The molecule has 0 aliphatic rings. The Morgan fingerprint density at radius 2 is 1.71 bits per heavy atom. The SMILES string of the molecule is CCNC(=O)[C@H](CC)N(Cc1ccccc1C)C(=O)CCCN(c1ccc(F)cc1)S(C)(=O)=O. The fraction of sp³-hybridized carbons (Fsp3) is 0.440. The molecule has 34 heavy (non-hydrogen) atoms. The quantitative estimate of drug-likeness (QED) is 0.491. The van der Waals surface area contributed by atoms with E-state index in [0.717, 1.165) is 21.7 Å². The van der Waals surface area contributed by atoms with E-state index in [-0.39, 0.29) is 37.7 Å². The summed E-state index contributed by atoms with van der Waals surface area (Å²) >= 11 is 0. The normalized spacial score (nSPS) is 12.1. The van der Waals surface area contributed by atoms with Gasteiger partial charge in [-0.15, -0.1) is 0 Å². The van der Waals surface area contributed by atoms with Crippen LogP contribution in [0.3, 0.4) is 0 Å². The zero-order chi connectivity index (χ0) is 25.3. The Kier molecular flexibility index (Phi) is 10.0. The molecule has 9 heteroatoms. The van der Waals surface area contributed by atoms with Gasteiger partial charge in [0.15, 0.2) is 0 Å². The number of rotatable bonds is 12. The Balaban J connectivity index is 2.20. The molecular formula is C25H34FN3O4S. The molecule has 0 fully saturated rings. The number of hydrogen-bond donors (Lipinski definition) is 1. The smallest absolute Gasteiger partial charge is 0.242 e. The number of hydrogen-bond acceptors (Lipinski definition) is 4. The summed E-state index contributed by atoms with van der Waals surface area (Å²) in [5.41, 5.74) is 2.30. The van der Waals surface area contributed by atoms with Gasteiger partial charge in [-0.05, 0) is 62.1 Å². The first-order valence-corrected chi connectivity index (χ1v) is 13.3. The predicted octanol–water partition coefficient (Wildman–Crippen LogP) is 3.62. The maximum absolute atomic E-state index is 13.3. The fourth-order valence-corrected chi connectivity index (χ4v) is 4.76. The molecule has 0 aliphatic heterocycles. The lowest BCUT2D eigenvalue weighted by atomic mass is 10.1. The molecule has 7 nitrogen and oxygen atoms in total. The van der Waals surface area contributed by atoms with Crippen molar-refractivity contribution >= 4 is 27.5 Å². The van der Waals surface area contributed by atoms with Crippen LogP contribution in [-0.4, -0.2) is 50.5 Å². The number of carbonyl (C=O) groups excluding carboxylic acids is 2.